The molecule has 0 saturated heterocycles. The Morgan fingerprint density at radius 2 is 1.81 bits per heavy atom. The van der Waals surface area contributed by atoms with Gasteiger partial charge in [-0.25, -0.2) is 4.98 Å². The first-order chi connectivity index (χ1) is 9.45. The summed E-state index contributed by atoms with van der Waals surface area (Å²) in [4.78, 5) is 13.4. The molecule has 1 aromatic heterocycles. The Hall–Kier alpha value is -1.71. The number of pyridine rings is 1. The minimum Gasteiger partial charge on any atom is -0.481 e. The van der Waals surface area contributed by atoms with Gasteiger partial charge in [-0.1, -0.05) is 0 Å². The van der Waals surface area contributed by atoms with Crippen LogP contribution in [0.5, 0.6) is 5.75 Å². The van der Waals surface area contributed by atoms with Crippen LogP contribution in [0.4, 0.5) is 26.3 Å². The summed E-state index contributed by atoms with van der Waals surface area (Å²) in [5.41, 5.74) is -3.31. The Morgan fingerprint density at radius 1 is 1.24 bits per heavy atom. The maximum absolute atomic E-state index is 12.7. The Bertz CT molecular complexity index is 543. The number of aromatic nitrogens is 1. The van der Waals surface area contributed by atoms with E-state index in [1.165, 1.54) is 0 Å². The predicted octanol–water partition coefficient (Wildman–Crippen LogP) is 3.36. The van der Waals surface area contributed by atoms with Gasteiger partial charge in [0.25, 0.3) is 0 Å². The molecule has 0 aliphatic carbocycles. The summed E-state index contributed by atoms with van der Waals surface area (Å²) in [5, 5.41) is 8.60. The lowest BCUT2D eigenvalue weighted by atomic mass is 10.0. The van der Waals surface area contributed by atoms with E-state index in [2.05, 4.69) is 9.72 Å². The highest BCUT2D eigenvalue weighted by atomic mass is 35.5. The highest BCUT2D eigenvalue weighted by molar-refractivity contribution is 6.17. The van der Waals surface area contributed by atoms with E-state index in [-0.39, 0.29) is 6.20 Å². The number of nitrogens with zero attached hydrogens (tertiary/aromatic N) is 1. The summed E-state index contributed by atoms with van der Waals surface area (Å²) in [7, 11) is 0. The first-order valence-corrected chi connectivity index (χ1v) is 5.60. The SMILES string of the molecule is O=C(O)Cc1c(C(F)(F)F)ncc(OC(F)(F)F)c1CCl. The van der Waals surface area contributed by atoms with Crippen LogP contribution in [0.2, 0.25) is 0 Å². The molecule has 4 nitrogen and oxygen atoms in total. The Kier molecular flexibility index (Phi) is 4.92. The molecule has 0 fully saturated rings. The van der Waals surface area contributed by atoms with Crippen molar-refractivity contribution in [1.29, 1.82) is 0 Å². The molecule has 0 atom stereocenters. The third kappa shape index (κ3) is 4.66. The van der Waals surface area contributed by atoms with Gasteiger partial charge in [-0.3, -0.25) is 4.79 Å². The number of ether oxygens (including phenoxy) is 1. The van der Waals surface area contributed by atoms with Crippen LogP contribution in [-0.2, 0) is 23.3 Å². The van der Waals surface area contributed by atoms with Crippen LogP contribution in [0.15, 0.2) is 6.20 Å². The zero-order chi connectivity index (χ0) is 16.4. The van der Waals surface area contributed by atoms with E-state index in [1.54, 1.807) is 0 Å². The fourth-order valence-corrected chi connectivity index (χ4v) is 1.81. The average molecular weight is 338 g/mol. The van der Waals surface area contributed by atoms with Crippen LogP contribution >= 0.6 is 11.6 Å². The number of carbonyl (C=O) groups is 1. The van der Waals surface area contributed by atoms with Crippen molar-refractivity contribution in [2.24, 2.45) is 0 Å². The van der Waals surface area contributed by atoms with Crippen molar-refractivity contribution in [3.63, 3.8) is 0 Å². The van der Waals surface area contributed by atoms with E-state index in [0.717, 1.165) is 0 Å². The van der Waals surface area contributed by atoms with Gasteiger partial charge >= 0.3 is 18.5 Å². The van der Waals surface area contributed by atoms with Crippen LogP contribution in [0.3, 0.4) is 0 Å². The lowest BCUT2D eigenvalue weighted by Crippen LogP contribution is -2.21. The van der Waals surface area contributed by atoms with Gasteiger partial charge < -0.3 is 9.84 Å². The maximum Gasteiger partial charge on any atom is 0.573 e. The molecule has 0 radical (unpaired) electrons. The van der Waals surface area contributed by atoms with Crippen LogP contribution in [0.1, 0.15) is 16.8 Å². The monoisotopic (exact) mass is 337 g/mol. The first kappa shape index (κ1) is 17.3. The number of rotatable bonds is 4. The van der Waals surface area contributed by atoms with Gasteiger partial charge in [-0.05, 0) is 0 Å². The van der Waals surface area contributed by atoms with Gasteiger partial charge in [0.15, 0.2) is 5.75 Å². The number of aliphatic carboxylic acids is 1. The van der Waals surface area contributed by atoms with Gasteiger partial charge in [0, 0.05) is 11.1 Å². The van der Waals surface area contributed by atoms with Crippen molar-refractivity contribution >= 4 is 17.6 Å². The third-order valence-corrected chi connectivity index (χ3v) is 2.48. The number of carboxylic acids is 1. The van der Waals surface area contributed by atoms with E-state index < -0.39 is 53.4 Å². The molecule has 0 aliphatic rings. The van der Waals surface area contributed by atoms with Crippen molar-refractivity contribution in [3.8, 4) is 5.75 Å². The quantitative estimate of drug-likeness (QED) is 0.676. The fraction of sp³-hybridized carbons (Fsp3) is 0.400. The van der Waals surface area contributed by atoms with E-state index in [1.807, 2.05) is 0 Å². The maximum atomic E-state index is 12.7. The number of carboxylic acid groups (broad SMARTS) is 1. The molecular weight excluding hydrogens is 332 g/mol. The van der Waals surface area contributed by atoms with Gasteiger partial charge in [-0.15, -0.1) is 24.8 Å². The number of hydrogen-bond acceptors (Lipinski definition) is 3. The van der Waals surface area contributed by atoms with Crippen LogP contribution in [0, 0.1) is 0 Å². The van der Waals surface area contributed by atoms with Crippen molar-refractivity contribution in [2.75, 3.05) is 0 Å². The number of halogens is 7. The minimum atomic E-state index is -5.18. The topological polar surface area (TPSA) is 59.4 Å². The molecule has 0 unspecified atom stereocenters. The van der Waals surface area contributed by atoms with Crippen LogP contribution in [0.25, 0.3) is 0 Å². The third-order valence-electron chi connectivity index (χ3n) is 2.21. The fourth-order valence-electron chi connectivity index (χ4n) is 1.52. The largest absolute Gasteiger partial charge is 0.573 e. The zero-order valence-electron chi connectivity index (χ0n) is 9.85. The second-order valence-corrected chi connectivity index (χ2v) is 3.95. The van der Waals surface area contributed by atoms with Crippen molar-refractivity contribution < 1.29 is 41.0 Å². The summed E-state index contributed by atoms with van der Waals surface area (Å²) in [6, 6.07) is 0. The molecule has 0 spiro atoms. The first-order valence-electron chi connectivity index (χ1n) is 5.07. The van der Waals surface area contributed by atoms with E-state index in [9.17, 15) is 31.1 Å². The molecule has 1 aromatic rings. The highest BCUT2D eigenvalue weighted by Gasteiger charge is 2.39. The van der Waals surface area contributed by atoms with Crippen LogP contribution in [-0.4, -0.2) is 22.4 Å². The van der Waals surface area contributed by atoms with Crippen molar-refractivity contribution in [1.82, 2.24) is 4.98 Å². The summed E-state index contributed by atoms with van der Waals surface area (Å²) in [6.45, 7) is 0. The van der Waals surface area contributed by atoms with Gasteiger partial charge in [0.2, 0.25) is 0 Å². The number of alkyl halides is 7. The molecule has 1 heterocycles. The second-order valence-electron chi connectivity index (χ2n) is 3.68. The standard InChI is InChI=1S/C10H6ClF6NO3/c11-2-5-4(1-7(19)20)8(9(12,13)14)18-3-6(5)21-10(15,16)17/h3H,1-2H2,(H,19,20). The highest BCUT2D eigenvalue weighted by Crippen LogP contribution is 2.37. The minimum absolute atomic E-state index is 0.208. The van der Waals surface area contributed by atoms with Gasteiger partial charge in [-0.2, -0.15) is 13.2 Å². The normalized spacial score (nSPS) is 12.3. The molecule has 0 aliphatic heterocycles. The molecular formula is C10H6ClF6NO3. The van der Waals surface area contributed by atoms with Gasteiger partial charge in [0.05, 0.1) is 18.5 Å². The summed E-state index contributed by atoms with van der Waals surface area (Å²) in [5.74, 6) is -3.56. The molecule has 1 N–H and O–H groups in total. The molecule has 118 valence electrons. The molecule has 0 saturated carbocycles. The van der Waals surface area contributed by atoms with E-state index >= 15 is 0 Å². The lowest BCUT2D eigenvalue weighted by molar-refractivity contribution is -0.275. The molecule has 0 aromatic carbocycles. The lowest BCUT2D eigenvalue weighted by Gasteiger charge is -2.18. The summed E-state index contributed by atoms with van der Waals surface area (Å²) < 4.78 is 78.1. The summed E-state index contributed by atoms with van der Waals surface area (Å²) in [6.07, 6.45) is -11.2. The summed E-state index contributed by atoms with van der Waals surface area (Å²) >= 11 is 5.34. The predicted molar refractivity (Wildman–Crippen MR) is 56.8 cm³/mol. The van der Waals surface area contributed by atoms with Gasteiger partial charge in [0.1, 0.15) is 5.69 Å². The Labute approximate surface area is 118 Å². The number of hydrogen-bond donors (Lipinski definition) is 1. The molecule has 21 heavy (non-hydrogen) atoms. The smallest absolute Gasteiger partial charge is 0.481 e. The van der Waals surface area contributed by atoms with E-state index in [0.29, 0.717) is 0 Å². The van der Waals surface area contributed by atoms with Crippen molar-refractivity contribution in [3.05, 3.63) is 23.0 Å². The average Bonchev–Trinajstić information content (AvgIpc) is 2.24. The Morgan fingerprint density at radius 3 is 2.19 bits per heavy atom. The molecule has 11 heteroatoms. The zero-order valence-corrected chi connectivity index (χ0v) is 10.6. The molecule has 1 rings (SSSR count). The molecule has 0 amide bonds. The van der Waals surface area contributed by atoms with Crippen LogP contribution < -0.4 is 4.74 Å². The second kappa shape index (κ2) is 5.96. The Balaban J connectivity index is 3.49. The van der Waals surface area contributed by atoms with Crippen molar-refractivity contribution in [2.45, 2.75) is 24.8 Å². The molecule has 0 bridgehead atoms. The van der Waals surface area contributed by atoms with E-state index in [4.69, 9.17) is 16.7 Å².